The number of carbonyl (C=O) groups is 1. The van der Waals surface area contributed by atoms with Crippen molar-refractivity contribution >= 4 is 21.6 Å². The molecule has 156 valence electrons. The monoisotopic (exact) mass is 428 g/mol. The molecule has 30 heavy (non-hydrogen) atoms. The van der Waals surface area contributed by atoms with E-state index in [0.717, 1.165) is 22.0 Å². The van der Waals surface area contributed by atoms with Crippen molar-refractivity contribution in [2.24, 2.45) is 0 Å². The van der Waals surface area contributed by atoms with Crippen molar-refractivity contribution in [2.45, 2.75) is 11.4 Å². The van der Waals surface area contributed by atoms with Gasteiger partial charge in [-0.2, -0.15) is 4.31 Å². The fourth-order valence-corrected chi connectivity index (χ4v) is 4.08. The molecule has 0 saturated heterocycles. The van der Waals surface area contributed by atoms with Crippen molar-refractivity contribution in [2.75, 3.05) is 19.5 Å². The Hall–Kier alpha value is -3.23. The van der Waals surface area contributed by atoms with Crippen molar-refractivity contribution in [3.8, 4) is 5.75 Å². The van der Waals surface area contributed by atoms with Crippen LogP contribution in [0.1, 0.15) is 15.9 Å². The van der Waals surface area contributed by atoms with E-state index in [4.69, 9.17) is 4.74 Å². The average molecular weight is 428 g/mol. The highest BCUT2D eigenvalue weighted by Crippen LogP contribution is 2.23. The number of anilines is 1. The molecule has 3 aromatic rings. The Labute approximate surface area is 175 Å². The van der Waals surface area contributed by atoms with Gasteiger partial charge in [0.15, 0.2) is 0 Å². The molecule has 0 atom stereocenters. The Morgan fingerprint density at radius 2 is 1.77 bits per heavy atom. The van der Waals surface area contributed by atoms with Gasteiger partial charge in [0.2, 0.25) is 10.0 Å². The van der Waals surface area contributed by atoms with Gasteiger partial charge >= 0.3 is 0 Å². The molecular formula is C22H21FN2O4S. The second-order valence-electron chi connectivity index (χ2n) is 6.58. The Morgan fingerprint density at radius 3 is 2.47 bits per heavy atom. The van der Waals surface area contributed by atoms with E-state index in [1.165, 1.54) is 20.2 Å². The summed E-state index contributed by atoms with van der Waals surface area (Å²) in [6.07, 6.45) is 0. The highest BCUT2D eigenvalue weighted by Gasteiger charge is 2.26. The summed E-state index contributed by atoms with van der Waals surface area (Å²) in [6, 6.07) is 18.9. The maximum atomic E-state index is 14.4. The van der Waals surface area contributed by atoms with Gasteiger partial charge in [-0.05, 0) is 35.9 Å². The number of rotatable bonds is 7. The van der Waals surface area contributed by atoms with E-state index in [-0.39, 0.29) is 12.1 Å². The summed E-state index contributed by atoms with van der Waals surface area (Å²) in [6.45, 7) is 0.0723. The maximum Gasteiger partial charge on any atom is 0.255 e. The van der Waals surface area contributed by atoms with Gasteiger partial charge < -0.3 is 10.1 Å². The van der Waals surface area contributed by atoms with E-state index in [9.17, 15) is 17.6 Å². The number of carbonyl (C=O) groups excluding carboxylic acids is 1. The topological polar surface area (TPSA) is 75.7 Å². The maximum absolute atomic E-state index is 14.4. The van der Waals surface area contributed by atoms with Gasteiger partial charge in [-0.1, -0.05) is 36.4 Å². The molecule has 0 saturated carbocycles. The fourth-order valence-electron chi connectivity index (χ4n) is 2.84. The van der Waals surface area contributed by atoms with Crippen LogP contribution in [0, 0.1) is 5.82 Å². The van der Waals surface area contributed by atoms with Crippen LogP contribution in [0.5, 0.6) is 5.75 Å². The van der Waals surface area contributed by atoms with Gasteiger partial charge in [0.1, 0.15) is 16.5 Å². The molecule has 0 aliphatic heterocycles. The Kier molecular flexibility index (Phi) is 6.49. The standard InChI is InChI=1S/C22H21FN2O4S/c1-25(15-16-7-4-3-5-8-16)30(27,28)21-13-17(11-12-20(21)23)22(26)24-18-9-6-10-19(14-18)29-2/h3-14H,15H2,1-2H3,(H,24,26). The number of sulfonamides is 1. The summed E-state index contributed by atoms with van der Waals surface area (Å²) >= 11 is 0. The molecule has 0 bridgehead atoms. The number of ether oxygens (including phenoxy) is 1. The predicted octanol–water partition coefficient (Wildman–Crippen LogP) is 3.91. The highest BCUT2D eigenvalue weighted by molar-refractivity contribution is 7.89. The van der Waals surface area contributed by atoms with E-state index in [1.54, 1.807) is 48.5 Å². The average Bonchev–Trinajstić information content (AvgIpc) is 2.74. The number of benzene rings is 3. The van der Waals surface area contributed by atoms with Crippen LogP contribution >= 0.6 is 0 Å². The van der Waals surface area contributed by atoms with Crippen LogP contribution in [-0.4, -0.2) is 32.8 Å². The summed E-state index contributed by atoms with van der Waals surface area (Å²) in [7, 11) is -1.28. The minimum Gasteiger partial charge on any atom is -0.497 e. The van der Waals surface area contributed by atoms with Crippen LogP contribution in [0.25, 0.3) is 0 Å². The first-order valence-electron chi connectivity index (χ1n) is 9.06. The summed E-state index contributed by atoms with van der Waals surface area (Å²) < 4.78 is 46.4. The second-order valence-corrected chi connectivity index (χ2v) is 8.59. The normalized spacial score (nSPS) is 11.3. The van der Waals surface area contributed by atoms with Crippen LogP contribution < -0.4 is 10.1 Å². The van der Waals surface area contributed by atoms with E-state index in [0.29, 0.717) is 11.4 Å². The lowest BCUT2D eigenvalue weighted by Gasteiger charge is -2.18. The number of hydrogen-bond acceptors (Lipinski definition) is 4. The van der Waals surface area contributed by atoms with Gasteiger partial charge in [0.25, 0.3) is 5.91 Å². The second kappa shape index (κ2) is 9.06. The molecule has 3 rings (SSSR count). The van der Waals surface area contributed by atoms with Gasteiger partial charge in [0, 0.05) is 30.9 Å². The molecule has 8 heteroatoms. The van der Waals surface area contributed by atoms with Crippen LogP contribution in [0.4, 0.5) is 10.1 Å². The zero-order valence-electron chi connectivity index (χ0n) is 16.5. The summed E-state index contributed by atoms with van der Waals surface area (Å²) in [5.74, 6) is -0.934. The molecule has 3 aromatic carbocycles. The molecule has 0 aliphatic rings. The molecule has 0 aliphatic carbocycles. The van der Waals surface area contributed by atoms with Crippen LogP contribution in [-0.2, 0) is 16.6 Å². The van der Waals surface area contributed by atoms with Crippen molar-refractivity contribution in [1.82, 2.24) is 4.31 Å². The van der Waals surface area contributed by atoms with Gasteiger partial charge in [-0.25, -0.2) is 12.8 Å². The molecule has 0 radical (unpaired) electrons. The Bertz CT molecular complexity index is 1150. The SMILES string of the molecule is COc1cccc(NC(=O)c2ccc(F)c(S(=O)(=O)N(C)Cc3ccccc3)c2)c1. The largest absolute Gasteiger partial charge is 0.497 e. The number of methoxy groups -OCH3 is 1. The molecule has 0 heterocycles. The Balaban J connectivity index is 1.85. The summed E-state index contributed by atoms with van der Waals surface area (Å²) in [5, 5.41) is 2.65. The summed E-state index contributed by atoms with van der Waals surface area (Å²) in [5.41, 5.74) is 1.25. The number of nitrogens with one attached hydrogen (secondary N) is 1. The molecule has 0 unspecified atom stereocenters. The molecule has 6 nitrogen and oxygen atoms in total. The van der Waals surface area contributed by atoms with E-state index < -0.39 is 26.6 Å². The summed E-state index contributed by atoms with van der Waals surface area (Å²) in [4.78, 5) is 12.0. The van der Waals surface area contributed by atoms with Crippen molar-refractivity contribution < 1.29 is 22.3 Å². The van der Waals surface area contributed by atoms with Crippen molar-refractivity contribution in [3.63, 3.8) is 0 Å². The van der Waals surface area contributed by atoms with Crippen LogP contribution in [0.15, 0.2) is 77.7 Å². The lowest BCUT2D eigenvalue weighted by atomic mass is 10.2. The number of amides is 1. The number of nitrogens with zero attached hydrogens (tertiary/aromatic N) is 1. The highest BCUT2D eigenvalue weighted by atomic mass is 32.2. The third-order valence-corrected chi connectivity index (χ3v) is 6.28. The first-order chi connectivity index (χ1) is 14.3. The van der Waals surface area contributed by atoms with Gasteiger partial charge in [-0.3, -0.25) is 4.79 Å². The van der Waals surface area contributed by atoms with Crippen LogP contribution in [0.2, 0.25) is 0 Å². The smallest absolute Gasteiger partial charge is 0.255 e. The first kappa shape index (κ1) is 21.5. The lowest BCUT2D eigenvalue weighted by Crippen LogP contribution is -2.27. The lowest BCUT2D eigenvalue weighted by molar-refractivity contribution is 0.102. The van der Waals surface area contributed by atoms with Crippen molar-refractivity contribution in [3.05, 3.63) is 89.7 Å². The molecule has 0 fully saturated rings. The van der Waals surface area contributed by atoms with Gasteiger partial charge in [-0.15, -0.1) is 0 Å². The first-order valence-corrected chi connectivity index (χ1v) is 10.5. The predicted molar refractivity (Wildman–Crippen MR) is 112 cm³/mol. The third-order valence-electron chi connectivity index (χ3n) is 4.46. The quantitative estimate of drug-likeness (QED) is 0.619. The minimum absolute atomic E-state index is 0.0194. The van der Waals surface area contributed by atoms with Crippen LogP contribution in [0.3, 0.4) is 0 Å². The molecular weight excluding hydrogens is 407 g/mol. The molecule has 1 N–H and O–H groups in total. The van der Waals surface area contributed by atoms with E-state index in [2.05, 4.69) is 5.32 Å². The van der Waals surface area contributed by atoms with Gasteiger partial charge in [0.05, 0.1) is 7.11 Å². The number of hydrogen-bond donors (Lipinski definition) is 1. The number of halogens is 1. The van der Waals surface area contributed by atoms with E-state index >= 15 is 0 Å². The molecule has 1 amide bonds. The Morgan fingerprint density at radius 1 is 1.03 bits per heavy atom. The zero-order valence-corrected chi connectivity index (χ0v) is 17.3. The van der Waals surface area contributed by atoms with E-state index in [1.807, 2.05) is 6.07 Å². The molecule has 0 spiro atoms. The minimum atomic E-state index is -4.15. The zero-order chi connectivity index (χ0) is 21.7. The molecule has 0 aromatic heterocycles. The fraction of sp³-hybridized carbons (Fsp3) is 0.136. The third kappa shape index (κ3) is 4.84. The van der Waals surface area contributed by atoms with Crippen molar-refractivity contribution in [1.29, 1.82) is 0 Å².